The van der Waals surface area contributed by atoms with Gasteiger partial charge in [0.15, 0.2) is 0 Å². The molecule has 0 aromatic rings. The summed E-state index contributed by atoms with van der Waals surface area (Å²) in [5.41, 5.74) is 0. The Labute approximate surface area is 121 Å². The highest BCUT2D eigenvalue weighted by Gasteiger charge is 2.29. The lowest BCUT2D eigenvalue weighted by atomic mass is 9.87. The van der Waals surface area contributed by atoms with E-state index in [4.69, 9.17) is 14.2 Å². The number of rotatable bonds is 6. The minimum absolute atomic E-state index is 0.0358. The lowest BCUT2D eigenvalue weighted by molar-refractivity contribution is -0.150. The van der Waals surface area contributed by atoms with E-state index in [-0.39, 0.29) is 11.9 Å². The zero-order valence-electron chi connectivity index (χ0n) is 12.6. The summed E-state index contributed by atoms with van der Waals surface area (Å²) in [5.74, 6) is 0.0450. The lowest BCUT2D eigenvalue weighted by Crippen LogP contribution is -2.32. The quantitative estimate of drug-likeness (QED) is 0.750. The number of esters is 1. The number of carbonyl (C=O) groups is 1. The molecule has 0 amide bonds. The fraction of sp³-hybridized carbons (Fsp3) is 0.933. The SMILES string of the molecule is CCOC(=O)[C@H]1CC[C@H](OC[C@@H]2C[C@H](OC)CN2)CC1. The molecular formula is C15H27NO4. The summed E-state index contributed by atoms with van der Waals surface area (Å²) in [6.45, 7) is 3.99. The summed E-state index contributed by atoms with van der Waals surface area (Å²) in [5, 5.41) is 3.42. The summed E-state index contributed by atoms with van der Waals surface area (Å²) >= 11 is 0. The maximum Gasteiger partial charge on any atom is 0.308 e. The highest BCUT2D eigenvalue weighted by molar-refractivity contribution is 5.72. The molecule has 2 rings (SSSR count). The third kappa shape index (κ3) is 4.43. The van der Waals surface area contributed by atoms with Crippen LogP contribution in [0.4, 0.5) is 0 Å². The molecule has 1 aliphatic carbocycles. The normalized spacial score (nSPS) is 34.1. The third-order valence-electron chi connectivity index (χ3n) is 4.34. The topological polar surface area (TPSA) is 56.8 Å². The van der Waals surface area contributed by atoms with E-state index < -0.39 is 0 Å². The van der Waals surface area contributed by atoms with Crippen LogP contribution in [0.1, 0.15) is 39.0 Å². The first-order chi connectivity index (χ1) is 9.72. The van der Waals surface area contributed by atoms with Crippen molar-refractivity contribution in [3.05, 3.63) is 0 Å². The molecule has 1 heterocycles. The van der Waals surface area contributed by atoms with Crippen molar-refractivity contribution >= 4 is 5.97 Å². The van der Waals surface area contributed by atoms with E-state index in [1.165, 1.54) is 0 Å². The van der Waals surface area contributed by atoms with Gasteiger partial charge in [-0.3, -0.25) is 4.79 Å². The van der Waals surface area contributed by atoms with Crippen LogP contribution in [0.25, 0.3) is 0 Å². The Hall–Kier alpha value is -0.650. The molecule has 20 heavy (non-hydrogen) atoms. The number of carbonyl (C=O) groups excluding carboxylic acids is 1. The van der Waals surface area contributed by atoms with Gasteiger partial charge in [-0.1, -0.05) is 0 Å². The Kier molecular flexibility index (Phi) is 6.26. The molecule has 1 aliphatic heterocycles. The molecule has 0 aromatic heterocycles. The maximum atomic E-state index is 11.7. The Bertz CT molecular complexity index is 302. The van der Waals surface area contributed by atoms with Gasteiger partial charge in [-0.05, 0) is 39.0 Å². The molecule has 1 saturated carbocycles. The van der Waals surface area contributed by atoms with Crippen molar-refractivity contribution in [3.63, 3.8) is 0 Å². The Morgan fingerprint density at radius 2 is 1.95 bits per heavy atom. The van der Waals surface area contributed by atoms with Crippen molar-refractivity contribution in [3.8, 4) is 0 Å². The van der Waals surface area contributed by atoms with Crippen molar-refractivity contribution in [2.75, 3.05) is 26.9 Å². The maximum absolute atomic E-state index is 11.7. The first kappa shape index (κ1) is 15.7. The average molecular weight is 285 g/mol. The Morgan fingerprint density at radius 3 is 2.55 bits per heavy atom. The number of hydrogen-bond donors (Lipinski definition) is 1. The molecule has 116 valence electrons. The van der Waals surface area contributed by atoms with Gasteiger partial charge in [-0.15, -0.1) is 0 Å². The van der Waals surface area contributed by atoms with E-state index in [9.17, 15) is 4.79 Å². The summed E-state index contributed by atoms with van der Waals surface area (Å²) in [4.78, 5) is 11.7. The van der Waals surface area contributed by atoms with Gasteiger partial charge in [0.1, 0.15) is 0 Å². The third-order valence-corrected chi connectivity index (χ3v) is 4.34. The summed E-state index contributed by atoms with van der Waals surface area (Å²) in [6.07, 6.45) is 5.35. The van der Waals surface area contributed by atoms with Crippen LogP contribution in [0.15, 0.2) is 0 Å². The fourth-order valence-corrected chi connectivity index (χ4v) is 3.07. The molecule has 0 bridgehead atoms. The number of methoxy groups -OCH3 is 1. The molecule has 1 N–H and O–H groups in total. The largest absolute Gasteiger partial charge is 0.466 e. The van der Waals surface area contributed by atoms with Gasteiger partial charge < -0.3 is 19.5 Å². The van der Waals surface area contributed by atoms with Crippen LogP contribution in [0.2, 0.25) is 0 Å². The zero-order valence-corrected chi connectivity index (χ0v) is 12.6. The predicted octanol–water partition coefficient (Wildman–Crippen LogP) is 1.50. The van der Waals surface area contributed by atoms with Crippen LogP contribution >= 0.6 is 0 Å². The summed E-state index contributed by atoms with van der Waals surface area (Å²) in [7, 11) is 1.76. The monoisotopic (exact) mass is 285 g/mol. The molecule has 5 heteroatoms. The van der Waals surface area contributed by atoms with E-state index in [1.54, 1.807) is 7.11 Å². The lowest BCUT2D eigenvalue weighted by Gasteiger charge is -2.28. The van der Waals surface area contributed by atoms with Crippen LogP contribution in [0.5, 0.6) is 0 Å². The fourth-order valence-electron chi connectivity index (χ4n) is 3.07. The van der Waals surface area contributed by atoms with E-state index in [0.717, 1.165) is 45.3 Å². The van der Waals surface area contributed by atoms with Crippen molar-refractivity contribution < 1.29 is 19.0 Å². The molecule has 2 aliphatic rings. The molecule has 2 fully saturated rings. The summed E-state index contributed by atoms with van der Waals surface area (Å²) in [6, 6.07) is 0.405. The highest BCUT2D eigenvalue weighted by atomic mass is 16.5. The molecule has 0 aromatic carbocycles. The van der Waals surface area contributed by atoms with Crippen molar-refractivity contribution in [2.24, 2.45) is 5.92 Å². The predicted molar refractivity (Wildman–Crippen MR) is 75.5 cm³/mol. The van der Waals surface area contributed by atoms with E-state index >= 15 is 0 Å². The van der Waals surface area contributed by atoms with Gasteiger partial charge in [0.25, 0.3) is 0 Å². The van der Waals surface area contributed by atoms with Gasteiger partial charge in [-0.2, -0.15) is 0 Å². The molecule has 0 unspecified atom stereocenters. The number of hydrogen-bond acceptors (Lipinski definition) is 5. The first-order valence-electron chi connectivity index (χ1n) is 7.77. The molecule has 5 nitrogen and oxygen atoms in total. The standard InChI is InChI=1S/C15H27NO4/c1-3-19-15(17)11-4-6-13(7-5-11)20-10-12-8-14(18-2)9-16-12/h11-14,16H,3-10H2,1-2H3/t11-,12-,13-,14-/m0/s1. The van der Waals surface area contributed by atoms with Gasteiger partial charge >= 0.3 is 5.97 Å². The van der Waals surface area contributed by atoms with Crippen molar-refractivity contribution in [1.82, 2.24) is 5.32 Å². The van der Waals surface area contributed by atoms with Crippen LogP contribution in [-0.4, -0.2) is 51.1 Å². The number of nitrogens with one attached hydrogen (secondary N) is 1. The highest BCUT2D eigenvalue weighted by Crippen LogP contribution is 2.27. The van der Waals surface area contributed by atoms with Crippen LogP contribution in [-0.2, 0) is 19.0 Å². The Morgan fingerprint density at radius 1 is 1.20 bits per heavy atom. The second kappa shape index (κ2) is 7.96. The molecule has 0 spiro atoms. The molecule has 1 saturated heterocycles. The minimum atomic E-state index is -0.0358. The van der Waals surface area contributed by atoms with E-state index in [1.807, 2.05) is 6.92 Å². The second-order valence-corrected chi connectivity index (χ2v) is 5.76. The first-order valence-corrected chi connectivity index (χ1v) is 7.77. The van der Waals surface area contributed by atoms with Crippen LogP contribution in [0.3, 0.4) is 0 Å². The van der Waals surface area contributed by atoms with E-state index in [0.29, 0.717) is 24.9 Å². The van der Waals surface area contributed by atoms with Gasteiger partial charge in [0, 0.05) is 19.7 Å². The zero-order chi connectivity index (χ0) is 14.4. The molecule has 2 atom stereocenters. The minimum Gasteiger partial charge on any atom is -0.466 e. The van der Waals surface area contributed by atoms with Crippen molar-refractivity contribution in [1.29, 1.82) is 0 Å². The smallest absolute Gasteiger partial charge is 0.308 e. The molecular weight excluding hydrogens is 258 g/mol. The second-order valence-electron chi connectivity index (χ2n) is 5.76. The van der Waals surface area contributed by atoms with Crippen LogP contribution in [0, 0.1) is 5.92 Å². The summed E-state index contributed by atoms with van der Waals surface area (Å²) < 4.78 is 16.4. The van der Waals surface area contributed by atoms with Gasteiger partial charge in [-0.25, -0.2) is 0 Å². The number of ether oxygens (including phenoxy) is 3. The van der Waals surface area contributed by atoms with Gasteiger partial charge in [0.2, 0.25) is 0 Å². The van der Waals surface area contributed by atoms with Crippen molar-refractivity contribution in [2.45, 2.75) is 57.3 Å². The Balaban J connectivity index is 1.61. The van der Waals surface area contributed by atoms with Gasteiger partial charge in [0.05, 0.1) is 31.3 Å². The van der Waals surface area contributed by atoms with Crippen LogP contribution < -0.4 is 5.32 Å². The van der Waals surface area contributed by atoms with E-state index in [2.05, 4.69) is 5.32 Å². The molecule has 0 radical (unpaired) electrons. The average Bonchev–Trinajstić information content (AvgIpc) is 2.94.